The van der Waals surface area contributed by atoms with Gasteiger partial charge in [0.25, 0.3) is 5.91 Å². The Kier molecular flexibility index (Phi) is 10.6. The van der Waals surface area contributed by atoms with Crippen molar-refractivity contribution in [2.45, 2.75) is 38.3 Å². The Morgan fingerprint density at radius 1 is 0.918 bits per heavy atom. The minimum atomic E-state index is -4.91. The number of urea groups is 1. The predicted octanol–water partition coefficient (Wildman–Crippen LogP) is 8.04. The normalized spacial score (nSPS) is 16.0. The molecule has 1 heterocycles. The molecule has 0 aliphatic carbocycles. The van der Waals surface area contributed by atoms with Crippen molar-refractivity contribution >= 4 is 46.9 Å². The van der Waals surface area contributed by atoms with Crippen LogP contribution in [0.15, 0.2) is 96.7 Å². The van der Waals surface area contributed by atoms with Crippen molar-refractivity contribution in [1.29, 1.82) is 0 Å². The molecule has 4 N–H and O–H groups in total. The van der Waals surface area contributed by atoms with Gasteiger partial charge in [-0.25, -0.2) is 4.79 Å². The van der Waals surface area contributed by atoms with Gasteiger partial charge in [0.2, 0.25) is 0 Å². The van der Waals surface area contributed by atoms with Crippen LogP contribution in [0.4, 0.5) is 23.7 Å². The quantitative estimate of drug-likeness (QED) is 0.145. The number of hydrogen-bond acceptors (Lipinski definition) is 6. The van der Waals surface area contributed by atoms with Crippen LogP contribution in [0.3, 0.4) is 0 Å². The van der Waals surface area contributed by atoms with E-state index < -0.39 is 35.8 Å². The number of benzene rings is 4. The van der Waals surface area contributed by atoms with Crippen LogP contribution < -0.4 is 25.8 Å². The van der Waals surface area contributed by atoms with Crippen molar-refractivity contribution in [1.82, 2.24) is 10.2 Å². The average Bonchev–Trinajstić information content (AvgIpc) is 3.05. The van der Waals surface area contributed by atoms with Gasteiger partial charge in [-0.1, -0.05) is 71.7 Å². The smallest absolute Gasteiger partial charge is 0.489 e. The maximum absolute atomic E-state index is 14.1. The largest absolute Gasteiger partial charge is 0.573 e. The van der Waals surface area contributed by atoms with Gasteiger partial charge in [0.15, 0.2) is 5.72 Å². The van der Waals surface area contributed by atoms with E-state index in [2.05, 4.69) is 15.4 Å². The van der Waals surface area contributed by atoms with E-state index in [4.69, 9.17) is 38.4 Å². The Morgan fingerprint density at radius 2 is 1.51 bits per heavy atom. The highest BCUT2D eigenvalue weighted by Gasteiger charge is 2.40. The number of carbonyl (C=O) groups excluding carboxylic acids is 2. The minimum absolute atomic E-state index is 0.0561. The van der Waals surface area contributed by atoms with Crippen LogP contribution in [0.5, 0.6) is 11.5 Å². The number of primary amides is 1. The van der Waals surface area contributed by atoms with E-state index in [1.807, 2.05) is 36.4 Å². The third-order valence-corrected chi connectivity index (χ3v) is 8.41. The minimum Gasteiger partial charge on any atom is -0.489 e. The third-order valence-electron chi connectivity index (χ3n) is 7.68. The molecule has 0 spiro atoms. The molecule has 4 aromatic carbocycles. The summed E-state index contributed by atoms with van der Waals surface area (Å²) in [6.45, 7) is 2.00. The number of likely N-dealkylation sites (N-methyl/N-ethyl adjacent to an activating group) is 1. The van der Waals surface area contributed by atoms with Crippen molar-refractivity contribution < 1.29 is 37.0 Å². The summed E-state index contributed by atoms with van der Waals surface area (Å²) < 4.78 is 54.6. The molecule has 1 aliphatic heterocycles. The summed E-state index contributed by atoms with van der Waals surface area (Å²) in [5.41, 5.74) is 7.39. The van der Waals surface area contributed by atoms with E-state index in [1.54, 1.807) is 43.3 Å². The number of anilines is 1. The lowest BCUT2D eigenvalue weighted by Gasteiger charge is -2.42. The Bertz CT molecular complexity index is 1870. The van der Waals surface area contributed by atoms with Crippen LogP contribution in [0, 0.1) is 0 Å². The SMILES string of the molecule is CN(C(=O)C(NC(N)=O)c1ccc(OC(F)(F)F)cc1)C1=Cc2cc(OCc3ccccc3Cl)ccc2NC1(C)OCc1ccccc1Cl. The number of fused-ring (bicyclic) bond motifs is 1. The number of alkyl halides is 3. The summed E-state index contributed by atoms with van der Waals surface area (Å²) in [6, 6.07) is 21.9. The summed E-state index contributed by atoms with van der Waals surface area (Å²) in [5.74, 6) is -0.641. The molecule has 0 aromatic heterocycles. The predicted molar refractivity (Wildman–Crippen MR) is 180 cm³/mol. The van der Waals surface area contributed by atoms with Crippen molar-refractivity contribution in [3.63, 3.8) is 0 Å². The van der Waals surface area contributed by atoms with Crippen molar-refractivity contribution in [2.75, 3.05) is 12.4 Å². The summed E-state index contributed by atoms with van der Waals surface area (Å²) in [7, 11) is 1.48. The summed E-state index contributed by atoms with van der Waals surface area (Å²) in [5, 5.41) is 6.81. The highest BCUT2D eigenvalue weighted by molar-refractivity contribution is 6.31. The molecule has 4 aromatic rings. The first-order valence-electron chi connectivity index (χ1n) is 14.8. The van der Waals surface area contributed by atoms with Gasteiger partial charge >= 0.3 is 12.4 Å². The number of nitrogens with two attached hydrogens (primary N) is 1. The van der Waals surface area contributed by atoms with Crippen LogP contribution in [-0.4, -0.2) is 36.0 Å². The molecule has 49 heavy (non-hydrogen) atoms. The number of rotatable bonds is 11. The first-order valence-corrected chi connectivity index (χ1v) is 15.6. The molecule has 2 atom stereocenters. The topological polar surface area (TPSA) is 115 Å². The number of halogens is 5. The lowest BCUT2D eigenvalue weighted by molar-refractivity contribution is -0.274. The van der Waals surface area contributed by atoms with Crippen molar-refractivity contribution in [2.24, 2.45) is 5.73 Å². The van der Waals surface area contributed by atoms with Crippen molar-refractivity contribution in [3.8, 4) is 11.5 Å². The van der Waals surface area contributed by atoms with Crippen LogP contribution in [-0.2, 0) is 22.7 Å². The lowest BCUT2D eigenvalue weighted by Crippen LogP contribution is -2.51. The molecule has 5 rings (SSSR count). The fourth-order valence-corrected chi connectivity index (χ4v) is 5.60. The fraction of sp³-hybridized carbons (Fsp3) is 0.200. The molecule has 2 unspecified atom stereocenters. The first kappa shape index (κ1) is 35.4. The standard InChI is InChI=1S/C35H31Cl2F3N4O5/c1-34(48-20-23-8-4-6-10-28(23)37)30(18-24-17-26(15-16-29(24)43-34)47-19-22-7-3-5-9-27(22)36)44(2)32(45)31(42-33(41)46)21-11-13-25(14-12-21)49-35(38,39)40/h3-18,31,43H,19-20H2,1-2H3,(H3,41,42,46). The molecule has 0 fully saturated rings. The molecular weight excluding hydrogens is 684 g/mol. The van der Waals surface area contributed by atoms with Gasteiger partial charge in [0.05, 0.1) is 12.3 Å². The monoisotopic (exact) mass is 714 g/mol. The Morgan fingerprint density at radius 3 is 2.10 bits per heavy atom. The van der Waals surface area contributed by atoms with E-state index >= 15 is 0 Å². The maximum atomic E-state index is 14.1. The maximum Gasteiger partial charge on any atom is 0.573 e. The molecule has 3 amide bonds. The van der Waals surface area contributed by atoms with Gasteiger partial charge in [0.1, 0.15) is 24.1 Å². The molecule has 14 heteroatoms. The van der Waals surface area contributed by atoms with Gasteiger partial charge in [-0.05, 0) is 66.6 Å². The van der Waals surface area contributed by atoms with Crippen LogP contribution in [0.2, 0.25) is 10.0 Å². The molecule has 0 saturated carbocycles. The first-order chi connectivity index (χ1) is 23.2. The Hall–Kier alpha value is -4.91. The Balaban J connectivity index is 1.48. The van der Waals surface area contributed by atoms with Gasteiger partial charge in [-0.15, -0.1) is 13.2 Å². The molecular formula is C35H31Cl2F3N4O5. The van der Waals surface area contributed by atoms with Crippen LogP contribution >= 0.6 is 23.2 Å². The highest BCUT2D eigenvalue weighted by atomic mass is 35.5. The van der Waals surface area contributed by atoms with E-state index in [0.717, 1.165) is 17.7 Å². The van der Waals surface area contributed by atoms with E-state index in [9.17, 15) is 22.8 Å². The van der Waals surface area contributed by atoms with E-state index in [0.29, 0.717) is 38.3 Å². The molecule has 256 valence electrons. The summed E-state index contributed by atoms with van der Waals surface area (Å²) in [4.78, 5) is 27.4. The molecule has 1 aliphatic rings. The van der Waals surface area contributed by atoms with Gasteiger partial charge in [-0.2, -0.15) is 0 Å². The van der Waals surface area contributed by atoms with E-state index in [-0.39, 0.29) is 18.8 Å². The second kappa shape index (κ2) is 14.7. The second-order valence-corrected chi connectivity index (χ2v) is 12.0. The fourth-order valence-electron chi connectivity index (χ4n) is 5.22. The number of hydrogen-bond donors (Lipinski definition) is 3. The number of amides is 3. The molecule has 0 saturated heterocycles. The Labute approximate surface area is 290 Å². The average molecular weight is 716 g/mol. The van der Waals surface area contributed by atoms with Gasteiger partial charge < -0.3 is 35.5 Å². The van der Waals surface area contributed by atoms with Crippen molar-refractivity contribution in [3.05, 3.63) is 129 Å². The zero-order valence-electron chi connectivity index (χ0n) is 26.2. The van der Waals surface area contributed by atoms with Crippen LogP contribution in [0.25, 0.3) is 6.08 Å². The van der Waals surface area contributed by atoms with Crippen LogP contribution in [0.1, 0.15) is 35.2 Å². The van der Waals surface area contributed by atoms with Gasteiger partial charge in [0, 0.05) is 33.9 Å². The highest BCUT2D eigenvalue weighted by Crippen LogP contribution is 2.39. The number of carbonyl (C=O) groups is 2. The second-order valence-electron chi connectivity index (χ2n) is 11.2. The lowest BCUT2D eigenvalue weighted by atomic mass is 9.97. The third kappa shape index (κ3) is 8.77. The molecule has 0 bridgehead atoms. The zero-order valence-corrected chi connectivity index (χ0v) is 27.7. The number of ether oxygens (including phenoxy) is 3. The summed E-state index contributed by atoms with van der Waals surface area (Å²) in [6.07, 6.45) is -3.17. The zero-order chi connectivity index (χ0) is 35.3. The molecule has 0 radical (unpaired) electrons. The van der Waals surface area contributed by atoms with Gasteiger partial charge in [-0.3, -0.25) is 4.79 Å². The molecule has 9 nitrogen and oxygen atoms in total. The number of nitrogens with one attached hydrogen (secondary N) is 2. The number of nitrogens with zero attached hydrogens (tertiary/aromatic N) is 1. The summed E-state index contributed by atoms with van der Waals surface area (Å²) >= 11 is 12.7. The van der Waals surface area contributed by atoms with E-state index in [1.165, 1.54) is 24.1 Å².